The van der Waals surface area contributed by atoms with Crippen LogP contribution in [0.15, 0.2) is 18.3 Å². The lowest BCUT2D eigenvalue weighted by atomic mass is 9.79. The number of carbonyl (C=O) groups excluding carboxylic acids is 1. The predicted molar refractivity (Wildman–Crippen MR) is 96.6 cm³/mol. The Morgan fingerprint density at radius 3 is 2.61 bits per heavy atom. The van der Waals surface area contributed by atoms with Gasteiger partial charge < -0.3 is 15.4 Å². The van der Waals surface area contributed by atoms with E-state index in [1.165, 1.54) is 0 Å². The Morgan fingerprint density at radius 1 is 1.35 bits per heavy atom. The van der Waals surface area contributed by atoms with E-state index in [0.29, 0.717) is 19.6 Å². The molecule has 0 unspecified atom stereocenters. The number of aryl methyl sites for hydroxylation is 1. The van der Waals surface area contributed by atoms with E-state index in [1.807, 2.05) is 19.1 Å². The van der Waals surface area contributed by atoms with E-state index >= 15 is 0 Å². The van der Waals surface area contributed by atoms with Crippen molar-refractivity contribution in [3.8, 4) is 0 Å². The molecular weight excluding hydrogens is 337 g/mol. The summed E-state index contributed by atoms with van der Waals surface area (Å²) in [7, 11) is 1.73. The fraction of sp³-hybridized carbons (Fsp3) is 0.625. The van der Waals surface area contributed by atoms with Gasteiger partial charge in [-0.3, -0.25) is 9.78 Å². The van der Waals surface area contributed by atoms with Gasteiger partial charge in [-0.25, -0.2) is 0 Å². The molecule has 1 aliphatic heterocycles. The number of halogens is 2. The van der Waals surface area contributed by atoms with Crippen LogP contribution in [0.2, 0.25) is 0 Å². The second kappa shape index (κ2) is 10.8. The number of nitrogens with zero attached hydrogens (tertiary/aromatic N) is 1. The summed E-state index contributed by atoms with van der Waals surface area (Å²) >= 11 is 0. The highest BCUT2D eigenvalue weighted by Gasteiger charge is 2.32. The van der Waals surface area contributed by atoms with Crippen LogP contribution in [0.1, 0.15) is 24.1 Å². The first-order chi connectivity index (χ1) is 10.1. The molecule has 7 heteroatoms. The number of nitrogens with one attached hydrogen (secondary N) is 2. The number of piperidine rings is 1. The van der Waals surface area contributed by atoms with Crippen molar-refractivity contribution in [3.05, 3.63) is 29.6 Å². The Morgan fingerprint density at radius 2 is 2.04 bits per heavy atom. The molecule has 1 amide bonds. The van der Waals surface area contributed by atoms with Gasteiger partial charge in [-0.15, -0.1) is 24.8 Å². The molecule has 0 radical (unpaired) electrons. The molecule has 1 aromatic heterocycles. The molecule has 0 saturated carbocycles. The summed E-state index contributed by atoms with van der Waals surface area (Å²) in [6.07, 6.45) is 4.22. The van der Waals surface area contributed by atoms with Crippen molar-refractivity contribution in [1.29, 1.82) is 0 Å². The number of carbonyl (C=O) groups is 1. The Bertz CT molecular complexity index is 457. The summed E-state index contributed by atoms with van der Waals surface area (Å²) in [4.78, 5) is 16.3. The predicted octanol–water partition coefficient (Wildman–Crippen LogP) is 1.91. The van der Waals surface area contributed by atoms with Gasteiger partial charge >= 0.3 is 0 Å². The van der Waals surface area contributed by atoms with Crippen molar-refractivity contribution in [3.63, 3.8) is 0 Å². The largest absolute Gasteiger partial charge is 0.384 e. The SMILES string of the molecule is COCC1(CNC(=O)Cc2ccc(C)nc2)CCNCC1.Cl.Cl. The number of hydrogen-bond acceptors (Lipinski definition) is 4. The van der Waals surface area contributed by atoms with Crippen LogP contribution < -0.4 is 10.6 Å². The minimum atomic E-state index is 0. The van der Waals surface area contributed by atoms with Gasteiger partial charge in [0, 0.05) is 31.0 Å². The number of methoxy groups -OCH3 is 1. The molecular formula is C16H27Cl2N3O2. The molecule has 1 fully saturated rings. The second-order valence-electron chi connectivity index (χ2n) is 5.94. The van der Waals surface area contributed by atoms with Crippen molar-refractivity contribution in [1.82, 2.24) is 15.6 Å². The number of amides is 1. The Kier molecular flexibility index (Phi) is 10.4. The molecule has 1 aromatic rings. The molecule has 2 heterocycles. The van der Waals surface area contributed by atoms with Crippen molar-refractivity contribution in [2.45, 2.75) is 26.2 Å². The van der Waals surface area contributed by atoms with Crippen molar-refractivity contribution in [2.75, 3.05) is 33.4 Å². The number of hydrogen-bond donors (Lipinski definition) is 2. The first kappa shape index (κ1) is 22.1. The minimum absolute atomic E-state index is 0. The molecule has 1 saturated heterocycles. The average molecular weight is 364 g/mol. The lowest BCUT2D eigenvalue weighted by molar-refractivity contribution is -0.121. The van der Waals surface area contributed by atoms with Crippen LogP contribution >= 0.6 is 24.8 Å². The smallest absolute Gasteiger partial charge is 0.224 e. The zero-order chi connectivity index (χ0) is 15.1. The molecule has 2 N–H and O–H groups in total. The topological polar surface area (TPSA) is 63.2 Å². The summed E-state index contributed by atoms with van der Waals surface area (Å²) < 4.78 is 5.36. The normalized spacial score (nSPS) is 15.9. The maximum Gasteiger partial charge on any atom is 0.224 e. The summed E-state index contributed by atoms with van der Waals surface area (Å²) in [5, 5.41) is 6.42. The van der Waals surface area contributed by atoms with Gasteiger partial charge in [-0.2, -0.15) is 0 Å². The maximum atomic E-state index is 12.1. The molecule has 0 atom stereocenters. The van der Waals surface area contributed by atoms with Gasteiger partial charge in [-0.05, 0) is 44.5 Å². The standard InChI is InChI=1S/C16H25N3O2.2ClH/c1-13-3-4-14(10-18-13)9-15(20)19-11-16(12-21-2)5-7-17-8-6-16;;/h3-4,10,17H,5-9,11-12H2,1-2H3,(H,19,20);2*1H. The zero-order valence-electron chi connectivity index (χ0n) is 13.8. The Balaban J connectivity index is 0.00000242. The van der Waals surface area contributed by atoms with E-state index in [2.05, 4.69) is 15.6 Å². The van der Waals surface area contributed by atoms with Gasteiger partial charge in [0.1, 0.15) is 0 Å². The van der Waals surface area contributed by atoms with Crippen LogP contribution in [0.5, 0.6) is 0 Å². The van der Waals surface area contributed by atoms with E-state index in [-0.39, 0.29) is 36.1 Å². The van der Waals surface area contributed by atoms with Gasteiger partial charge in [0.05, 0.1) is 13.0 Å². The van der Waals surface area contributed by atoms with E-state index in [4.69, 9.17) is 4.74 Å². The summed E-state index contributed by atoms with van der Waals surface area (Å²) in [5.41, 5.74) is 1.98. The summed E-state index contributed by atoms with van der Waals surface area (Å²) in [6.45, 7) is 5.29. The monoisotopic (exact) mass is 363 g/mol. The molecule has 23 heavy (non-hydrogen) atoms. The van der Waals surface area contributed by atoms with Crippen molar-refractivity contribution >= 4 is 30.7 Å². The van der Waals surface area contributed by atoms with Gasteiger partial charge in [0.2, 0.25) is 5.91 Å². The molecule has 1 aliphatic rings. The minimum Gasteiger partial charge on any atom is -0.384 e. The third-order valence-corrected chi connectivity index (χ3v) is 4.11. The van der Waals surface area contributed by atoms with E-state index in [1.54, 1.807) is 13.3 Å². The zero-order valence-corrected chi connectivity index (χ0v) is 15.4. The number of ether oxygens (including phenoxy) is 1. The fourth-order valence-corrected chi connectivity index (χ4v) is 2.77. The lowest BCUT2D eigenvalue weighted by Crippen LogP contribution is -2.47. The fourth-order valence-electron chi connectivity index (χ4n) is 2.77. The Labute approximate surface area is 150 Å². The molecule has 0 spiro atoms. The van der Waals surface area contributed by atoms with Gasteiger partial charge in [-0.1, -0.05) is 6.07 Å². The van der Waals surface area contributed by atoms with Crippen LogP contribution in [0, 0.1) is 12.3 Å². The van der Waals surface area contributed by atoms with E-state index in [0.717, 1.165) is 37.2 Å². The highest BCUT2D eigenvalue weighted by Crippen LogP contribution is 2.28. The van der Waals surface area contributed by atoms with Gasteiger partial charge in [0.25, 0.3) is 0 Å². The van der Waals surface area contributed by atoms with Crippen LogP contribution in [0.4, 0.5) is 0 Å². The van der Waals surface area contributed by atoms with Crippen LogP contribution in [0.25, 0.3) is 0 Å². The molecule has 132 valence electrons. The second-order valence-corrected chi connectivity index (χ2v) is 5.94. The number of aromatic nitrogens is 1. The lowest BCUT2D eigenvalue weighted by Gasteiger charge is -2.37. The van der Waals surface area contributed by atoms with Crippen molar-refractivity contribution in [2.24, 2.45) is 5.41 Å². The van der Waals surface area contributed by atoms with Gasteiger partial charge in [0.15, 0.2) is 0 Å². The highest BCUT2D eigenvalue weighted by molar-refractivity contribution is 5.85. The van der Waals surface area contributed by atoms with Crippen molar-refractivity contribution < 1.29 is 9.53 Å². The van der Waals surface area contributed by atoms with E-state index in [9.17, 15) is 4.79 Å². The summed E-state index contributed by atoms with van der Waals surface area (Å²) in [5.74, 6) is 0.0506. The first-order valence-corrected chi connectivity index (χ1v) is 7.51. The van der Waals surface area contributed by atoms with Crippen LogP contribution in [-0.2, 0) is 16.0 Å². The third-order valence-electron chi connectivity index (χ3n) is 4.11. The number of pyridine rings is 1. The third kappa shape index (κ3) is 7.04. The van der Waals surface area contributed by atoms with E-state index < -0.39 is 0 Å². The molecule has 5 nitrogen and oxygen atoms in total. The highest BCUT2D eigenvalue weighted by atomic mass is 35.5. The maximum absolute atomic E-state index is 12.1. The summed E-state index contributed by atoms with van der Waals surface area (Å²) in [6, 6.07) is 3.89. The number of rotatable bonds is 6. The van der Waals surface area contributed by atoms with Crippen LogP contribution in [0.3, 0.4) is 0 Å². The molecule has 0 bridgehead atoms. The molecule has 0 aliphatic carbocycles. The Hall–Kier alpha value is -0.880. The molecule has 0 aromatic carbocycles. The average Bonchev–Trinajstić information content (AvgIpc) is 2.49. The van der Waals surface area contributed by atoms with Crippen LogP contribution in [-0.4, -0.2) is 44.2 Å². The molecule has 2 rings (SSSR count). The quantitative estimate of drug-likeness (QED) is 0.810. The first-order valence-electron chi connectivity index (χ1n) is 7.51.